The maximum Gasteiger partial charge on any atom is 0.469 e. The molecule has 0 aromatic heterocycles. The van der Waals surface area contributed by atoms with E-state index in [1.165, 1.54) is 6.08 Å². The minimum Gasteiger partial charge on any atom is -0.417 e. The van der Waals surface area contributed by atoms with Crippen molar-refractivity contribution in [2.45, 2.75) is 90.7 Å². The van der Waals surface area contributed by atoms with Crippen molar-refractivity contribution in [3.8, 4) is 0 Å². The molecule has 0 atom stereocenters. The molecule has 1 N–H and O–H groups in total. The fourth-order valence-corrected chi connectivity index (χ4v) is 17.6. The first kappa shape index (κ1) is 27.0. The van der Waals surface area contributed by atoms with E-state index in [9.17, 15) is 4.79 Å². The quantitative estimate of drug-likeness (QED) is 0.221. The minimum atomic E-state index is -2.84. The van der Waals surface area contributed by atoms with Gasteiger partial charge in [0.05, 0.1) is 0 Å². The molecule has 5 nitrogen and oxygen atoms in total. The molecule has 0 rings (SSSR count). The Bertz CT molecular complexity index is 438. The van der Waals surface area contributed by atoms with Crippen molar-refractivity contribution in [1.82, 2.24) is 5.32 Å². The monoisotopic (exact) mass is 449 g/mol. The molecule has 0 heterocycles. The fourth-order valence-electron chi connectivity index (χ4n) is 2.28. The molecular weight excluding hydrogens is 407 g/mol. The van der Waals surface area contributed by atoms with Gasteiger partial charge in [-0.3, -0.25) is 4.79 Å². The predicted molar refractivity (Wildman–Crippen MR) is 126 cm³/mol. The fraction of sp³-hybridized carbons (Fsp3) is 0.833. The molecule has 0 bridgehead atoms. The van der Waals surface area contributed by atoms with Gasteiger partial charge in [-0.1, -0.05) is 27.4 Å². The Morgan fingerprint density at radius 2 is 1.22 bits per heavy atom. The third-order valence-electron chi connectivity index (χ3n) is 4.99. The molecule has 0 aliphatic heterocycles. The number of amides is 1. The van der Waals surface area contributed by atoms with Crippen LogP contribution in [0.2, 0.25) is 63.5 Å². The van der Waals surface area contributed by atoms with E-state index in [0.29, 0.717) is 6.54 Å². The maximum atomic E-state index is 11.5. The van der Waals surface area contributed by atoms with Crippen molar-refractivity contribution in [3.05, 3.63) is 12.7 Å². The van der Waals surface area contributed by atoms with Crippen molar-refractivity contribution < 1.29 is 17.1 Å². The van der Waals surface area contributed by atoms with Crippen LogP contribution in [0.5, 0.6) is 0 Å². The lowest BCUT2D eigenvalue weighted by molar-refractivity contribution is -0.116. The summed E-state index contributed by atoms with van der Waals surface area (Å²) in [7, 11) is -8.46. The molecule has 0 aliphatic rings. The van der Waals surface area contributed by atoms with E-state index in [1.54, 1.807) is 0 Å². The van der Waals surface area contributed by atoms with Crippen LogP contribution >= 0.6 is 0 Å². The number of hydrogen-bond acceptors (Lipinski definition) is 4. The van der Waals surface area contributed by atoms with E-state index in [0.717, 1.165) is 30.6 Å². The van der Waals surface area contributed by atoms with Crippen molar-refractivity contribution in [3.63, 3.8) is 0 Å². The minimum absolute atomic E-state index is 0.139. The van der Waals surface area contributed by atoms with Crippen LogP contribution in [0.3, 0.4) is 0 Å². The Labute approximate surface area is 172 Å². The van der Waals surface area contributed by atoms with E-state index in [2.05, 4.69) is 71.9 Å². The summed E-state index contributed by atoms with van der Waals surface area (Å²) in [5, 5.41) is 2.87. The van der Waals surface area contributed by atoms with Gasteiger partial charge in [0.1, 0.15) is 0 Å². The van der Waals surface area contributed by atoms with E-state index in [4.69, 9.17) is 12.3 Å². The van der Waals surface area contributed by atoms with Gasteiger partial charge in [-0.2, -0.15) is 0 Å². The van der Waals surface area contributed by atoms with Gasteiger partial charge < -0.3 is 17.7 Å². The second-order valence-corrected chi connectivity index (χ2v) is 25.9. The molecule has 27 heavy (non-hydrogen) atoms. The largest absolute Gasteiger partial charge is 0.469 e. The second-order valence-electron chi connectivity index (χ2n) is 8.93. The van der Waals surface area contributed by atoms with Crippen LogP contribution < -0.4 is 5.32 Å². The van der Waals surface area contributed by atoms with Gasteiger partial charge in [0.2, 0.25) is 5.91 Å². The van der Waals surface area contributed by atoms with Crippen LogP contribution in [0, 0.1) is 0 Å². The number of nitrogens with one attached hydrogen (secondary N) is 1. The third-order valence-corrected chi connectivity index (χ3v) is 21.4. The van der Waals surface area contributed by atoms with Crippen LogP contribution in [0.4, 0.5) is 0 Å². The summed E-state index contributed by atoms with van der Waals surface area (Å²) in [6, 6.07) is 3.85. The summed E-state index contributed by atoms with van der Waals surface area (Å²) in [5.74, 6) is -0.139. The van der Waals surface area contributed by atoms with Crippen molar-refractivity contribution >= 4 is 39.7 Å². The van der Waals surface area contributed by atoms with Gasteiger partial charge in [-0.15, -0.1) is 0 Å². The zero-order chi connectivity index (χ0) is 21.4. The third kappa shape index (κ3) is 10.9. The number of hydrogen-bond donors (Lipinski definition) is 1. The highest BCUT2D eigenvalue weighted by atomic mass is 28.5. The first-order valence-corrected chi connectivity index (χ1v) is 21.5. The lowest BCUT2D eigenvalue weighted by atomic mass is 10.4. The first-order chi connectivity index (χ1) is 12.3. The SMILES string of the molecule is C=CC(=O)NCCC[Si](O[Si](C)(C)CC)(O[Si](C)(C)CC)O[Si](C)(C)CC. The van der Waals surface area contributed by atoms with Crippen molar-refractivity contribution in [2.75, 3.05) is 6.54 Å². The second kappa shape index (κ2) is 11.2. The van der Waals surface area contributed by atoms with Crippen LogP contribution in [0.1, 0.15) is 27.2 Å². The Morgan fingerprint density at radius 3 is 1.52 bits per heavy atom. The maximum absolute atomic E-state index is 11.5. The number of carbonyl (C=O) groups excluding carboxylic acids is 1. The van der Waals surface area contributed by atoms with Gasteiger partial charge in [0, 0.05) is 12.6 Å². The van der Waals surface area contributed by atoms with E-state index in [1.807, 2.05) is 0 Å². The molecule has 0 radical (unpaired) electrons. The zero-order valence-corrected chi connectivity index (χ0v) is 23.2. The Balaban J connectivity index is 5.67. The molecule has 1 amide bonds. The van der Waals surface area contributed by atoms with Gasteiger partial charge in [-0.25, -0.2) is 0 Å². The van der Waals surface area contributed by atoms with Crippen LogP contribution in [0.25, 0.3) is 0 Å². The predicted octanol–water partition coefficient (Wildman–Crippen LogP) is 5.34. The Morgan fingerprint density at radius 1 is 0.852 bits per heavy atom. The van der Waals surface area contributed by atoms with E-state index in [-0.39, 0.29) is 5.91 Å². The summed E-state index contributed by atoms with van der Waals surface area (Å²) < 4.78 is 20.6. The molecular formula is C18H43NO4Si4. The van der Waals surface area contributed by atoms with Crippen LogP contribution in [-0.2, 0) is 17.1 Å². The molecule has 0 fully saturated rings. The number of carbonyl (C=O) groups is 1. The Kier molecular flexibility index (Phi) is 11.2. The molecule has 0 aliphatic carbocycles. The highest BCUT2D eigenvalue weighted by Crippen LogP contribution is 2.32. The van der Waals surface area contributed by atoms with Crippen molar-refractivity contribution in [2.24, 2.45) is 0 Å². The van der Waals surface area contributed by atoms with Crippen molar-refractivity contribution in [1.29, 1.82) is 0 Å². The van der Waals surface area contributed by atoms with Gasteiger partial charge in [0.15, 0.2) is 25.0 Å². The first-order valence-electron chi connectivity index (χ1n) is 10.3. The van der Waals surface area contributed by atoms with E-state index >= 15 is 0 Å². The molecule has 0 saturated heterocycles. The zero-order valence-electron chi connectivity index (χ0n) is 19.2. The lowest BCUT2D eigenvalue weighted by Crippen LogP contribution is -2.61. The normalized spacial score (nSPS) is 13.5. The lowest BCUT2D eigenvalue weighted by Gasteiger charge is -2.44. The van der Waals surface area contributed by atoms with Gasteiger partial charge in [-0.05, 0) is 69.9 Å². The molecule has 0 saturated carbocycles. The highest BCUT2D eigenvalue weighted by Gasteiger charge is 2.51. The Hall–Kier alpha value is -0.0425. The average Bonchev–Trinajstić information content (AvgIpc) is 2.57. The summed E-state index contributed by atoms with van der Waals surface area (Å²) in [4.78, 5) is 11.5. The van der Waals surface area contributed by atoms with Gasteiger partial charge >= 0.3 is 8.80 Å². The van der Waals surface area contributed by atoms with Gasteiger partial charge in [0.25, 0.3) is 0 Å². The molecule has 0 spiro atoms. The topological polar surface area (TPSA) is 56.8 Å². The van der Waals surface area contributed by atoms with Crippen LogP contribution in [-0.4, -0.2) is 46.2 Å². The average molecular weight is 450 g/mol. The summed E-state index contributed by atoms with van der Waals surface area (Å²) in [6.45, 7) is 24.2. The molecule has 0 aromatic carbocycles. The number of rotatable bonds is 14. The summed E-state index contributed by atoms with van der Waals surface area (Å²) in [6.07, 6.45) is 2.10. The van der Waals surface area contributed by atoms with E-state index < -0.39 is 33.8 Å². The highest BCUT2D eigenvalue weighted by molar-refractivity contribution is 6.90. The summed E-state index contributed by atoms with van der Waals surface area (Å²) in [5.41, 5.74) is 0. The molecule has 0 aromatic rings. The standard InChI is InChI=1S/C18H43NO4Si4/c1-11-18(20)19-16-15-17-27(21-24(5,6)12-2,22-25(7,8)13-3)23-26(9,10)14-4/h11H,1,12-17H2,2-10H3,(H,19,20). The molecule has 0 unspecified atom stereocenters. The molecule has 9 heteroatoms. The summed E-state index contributed by atoms with van der Waals surface area (Å²) >= 11 is 0. The molecule has 160 valence electrons. The van der Waals surface area contributed by atoms with Crippen LogP contribution in [0.15, 0.2) is 12.7 Å². The smallest absolute Gasteiger partial charge is 0.417 e.